The number of hydrogen-bond acceptors (Lipinski definition) is 1. The van der Waals surface area contributed by atoms with Crippen molar-refractivity contribution < 1.29 is 13.9 Å². The first-order valence-corrected chi connectivity index (χ1v) is 6.74. The molecule has 0 heterocycles. The van der Waals surface area contributed by atoms with Gasteiger partial charge in [-0.2, -0.15) is 0 Å². The highest BCUT2D eigenvalue weighted by atomic mass is 19.1. The number of hydrogen-bond donors (Lipinski definition) is 1. The quantitative estimate of drug-likeness (QED) is 0.756. The minimum Gasteiger partial charge on any atom is -0.388 e. The lowest BCUT2D eigenvalue weighted by atomic mass is 9.98. The molecule has 0 aliphatic carbocycles. The third kappa shape index (κ3) is 2.93. The molecule has 0 aromatic heterocycles. The maximum Gasteiger partial charge on any atom is 0.131 e. The van der Waals surface area contributed by atoms with Crippen molar-refractivity contribution in [3.8, 4) is 0 Å². The first-order chi connectivity index (χ1) is 10.1. The summed E-state index contributed by atoms with van der Waals surface area (Å²) >= 11 is 0. The van der Waals surface area contributed by atoms with E-state index in [1.54, 1.807) is 0 Å². The van der Waals surface area contributed by atoms with Gasteiger partial charge in [-0.15, -0.1) is 0 Å². The molecular formula is C18H14F2O. The Bertz CT molecular complexity index is 783. The standard InChI is InChI=1S/C18H14F2O/c19-15-7-8-16(17(20)11-15)18(21)10-12-5-6-13-3-1-2-4-14(13)9-12/h1-9,11,18,21H,10H2. The number of halogens is 2. The van der Waals surface area contributed by atoms with Crippen LogP contribution in [0.1, 0.15) is 17.2 Å². The fourth-order valence-electron chi connectivity index (χ4n) is 2.47. The Balaban J connectivity index is 1.87. The molecule has 1 atom stereocenters. The first kappa shape index (κ1) is 13.7. The minimum absolute atomic E-state index is 0.115. The van der Waals surface area contributed by atoms with Crippen LogP contribution < -0.4 is 0 Å². The summed E-state index contributed by atoms with van der Waals surface area (Å²) in [4.78, 5) is 0. The Hall–Kier alpha value is -2.26. The monoisotopic (exact) mass is 284 g/mol. The molecule has 0 radical (unpaired) electrons. The second kappa shape index (κ2) is 5.62. The second-order valence-electron chi connectivity index (χ2n) is 5.07. The van der Waals surface area contributed by atoms with E-state index in [2.05, 4.69) is 0 Å². The van der Waals surface area contributed by atoms with Crippen LogP contribution in [0.4, 0.5) is 8.78 Å². The van der Waals surface area contributed by atoms with E-state index < -0.39 is 17.7 Å². The SMILES string of the molecule is OC(Cc1ccc2ccccc2c1)c1ccc(F)cc1F. The van der Waals surface area contributed by atoms with Crippen molar-refractivity contribution in [2.24, 2.45) is 0 Å². The predicted octanol–water partition coefficient (Wildman–Crippen LogP) is 4.39. The van der Waals surface area contributed by atoms with E-state index >= 15 is 0 Å². The highest BCUT2D eigenvalue weighted by Gasteiger charge is 2.14. The molecule has 0 saturated carbocycles. The van der Waals surface area contributed by atoms with Crippen LogP contribution >= 0.6 is 0 Å². The van der Waals surface area contributed by atoms with E-state index in [1.807, 2.05) is 42.5 Å². The molecular weight excluding hydrogens is 270 g/mol. The van der Waals surface area contributed by atoms with Crippen molar-refractivity contribution in [3.63, 3.8) is 0 Å². The third-order valence-corrected chi connectivity index (χ3v) is 3.56. The zero-order chi connectivity index (χ0) is 14.8. The van der Waals surface area contributed by atoms with E-state index in [-0.39, 0.29) is 12.0 Å². The summed E-state index contributed by atoms with van der Waals surface area (Å²) in [5, 5.41) is 12.3. The van der Waals surface area contributed by atoms with Crippen molar-refractivity contribution in [1.29, 1.82) is 0 Å². The summed E-state index contributed by atoms with van der Waals surface area (Å²) in [6.45, 7) is 0. The smallest absolute Gasteiger partial charge is 0.131 e. The molecule has 1 unspecified atom stereocenters. The highest BCUT2D eigenvalue weighted by Crippen LogP contribution is 2.24. The summed E-state index contributed by atoms with van der Waals surface area (Å²) in [5.41, 5.74) is 1.02. The van der Waals surface area contributed by atoms with Gasteiger partial charge in [0, 0.05) is 18.1 Å². The van der Waals surface area contributed by atoms with E-state index in [0.717, 1.165) is 28.5 Å². The molecule has 0 saturated heterocycles. The van der Waals surface area contributed by atoms with Gasteiger partial charge < -0.3 is 5.11 Å². The molecule has 0 bridgehead atoms. The van der Waals surface area contributed by atoms with Gasteiger partial charge in [0.25, 0.3) is 0 Å². The van der Waals surface area contributed by atoms with Gasteiger partial charge >= 0.3 is 0 Å². The molecule has 3 aromatic rings. The lowest BCUT2D eigenvalue weighted by molar-refractivity contribution is 0.173. The van der Waals surface area contributed by atoms with Crippen LogP contribution in [0.3, 0.4) is 0 Å². The maximum atomic E-state index is 13.7. The number of fused-ring (bicyclic) bond motifs is 1. The number of benzene rings is 3. The summed E-state index contributed by atoms with van der Waals surface area (Å²) in [7, 11) is 0. The zero-order valence-electron chi connectivity index (χ0n) is 11.3. The van der Waals surface area contributed by atoms with E-state index in [1.165, 1.54) is 6.07 Å². The van der Waals surface area contributed by atoms with Crippen molar-refractivity contribution in [3.05, 3.63) is 83.4 Å². The Morgan fingerprint density at radius 1 is 0.857 bits per heavy atom. The van der Waals surface area contributed by atoms with Gasteiger partial charge in [-0.3, -0.25) is 0 Å². The third-order valence-electron chi connectivity index (χ3n) is 3.56. The predicted molar refractivity (Wildman–Crippen MR) is 79.0 cm³/mol. The van der Waals surface area contributed by atoms with E-state index in [4.69, 9.17) is 0 Å². The topological polar surface area (TPSA) is 20.2 Å². The fraction of sp³-hybridized carbons (Fsp3) is 0.111. The van der Waals surface area contributed by atoms with Crippen LogP contribution in [0.15, 0.2) is 60.7 Å². The molecule has 1 nitrogen and oxygen atoms in total. The number of aliphatic hydroxyl groups excluding tert-OH is 1. The van der Waals surface area contributed by atoms with Crippen molar-refractivity contribution >= 4 is 10.8 Å². The summed E-state index contributed by atoms with van der Waals surface area (Å²) in [6.07, 6.45) is -0.709. The van der Waals surface area contributed by atoms with Crippen molar-refractivity contribution in [2.75, 3.05) is 0 Å². The molecule has 0 amide bonds. The van der Waals surface area contributed by atoms with Gasteiger partial charge in [-0.1, -0.05) is 48.5 Å². The minimum atomic E-state index is -0.994. The molecule has 0 aliphatic rings. The lowest BCUT2D eigenvalue weighted by Gasteiger charge is -2.12. The Morgan fingerprint density at radius 3 is 2.38 bits per heavy atom. The van der Waals surface area contributed by atoms with E-state index in [0.29, 0.717) is 0 Å². The second-order valence-corrected chi connectivity index (χ2v) is 5.07. The van der Waals surface area contributed by atoms with Gasteiger partial charge in [-0.25, -0.2) is 8.78 Å². The average Bonchev–Trinajstić information content (AvgIpc) is 2.47. The zero-order valence-corrected chi connectivity index (χ0v) is 11.3. The van der Waals surface area contributed by atoms with Gasteiger partial charge in [0.1, 0.15) is 11.6 Å². The Labute approximate surface area is 121 Å². The summed E-state index contributed by atoms with van der Waals surface area (Å²) < 4.78 is 26.5. The fourth-order valence-corrected chi connectivity index (χ4v) is 2.47. The molecule has 3 heteroatoms. The van der Waals surface area contributed by atoms with Crippen molar-refractivity contribution in [1.82, 2.24) is 0 Å². The van der Waals surface area contributed by atoms with Crippen molar-refractivity contribution in [2.45, 2.75) is 12.5 Å². The lowest BCUT2D eigenvalue weighted by Crippen LogP contribution is -2.04. The Kier molecular flexibility index (Phi) is 3.67. The molecule has 21 heavy (non-hydrogen) atoms. The highest BCUT2D eigenvalue weighted by molar-refractivity contribution is 5.83. The molecule has 1 N–H and O–H groups in total. The van der Waals surface area contributed by atoms with Gasteiger partial charge in [0.15, 0.2) is 0 Å². The summed E-state index contributed by atoms with van der Waals surface area (Å²) in [5.74, 6) is -1.36. The average molecular weight is 284 g/mol. The molecule has 0 spiro atoms. The molecule has 106 valence electrons. The van der Waals surface area contributed by atoms with Crippen LogP contribution in [-0.4, -0.2) is 5.11 Å². The molecule has 0 aliphatic heterocycles. The largest absolute Gasteiger partial charge is 0.388 e. The van der Waals surface area contributed by atoms with Gasteiger partial charge in [-0.05, 0) is 22.4 Å². The van der Waals surface area contributed by atoms with E-state index in [9.17, 15) is 13.9 Å². The van der Waals surface area contributed by atoms with Gasteiger partial charge in [0.05, 0.1) is 6.10 Å². The maximum absolute atomic E-state index is 13.7. The van der Waals surface area contributed by atoms with Crippen LogP contribution in [0.2, 0.25) is 0 Å². The Morgan fingerprint density at radius 2 is 1.62 bits per heavy atom. The number of aliphatic hydroxyl groups is 1. The normalized spacial score (nSPS) is 12.5. The van der Waals surface area contributed by atoms with Gasteiger partial charge in [0.2, 0.25) is 0 Å². The van der Waals surface area contributed by atoms with Crippen LogP contribution in [0, 0.1) is 11.6 Å². The van der Waals surface area contributed by atoms with Crippen LogP contribution in [-0.2, 0) is 6.42 Å². The molecule has 0 fully saturated rings. The molecule has 3 aromatic carbocycles. The summed E-state index contributed by atoms with van der Waals surface area (Å²) in [6, 6.07) is 17.0. The van der Waals surface area contributed by atoms with Crippen LogP contribution in [0.5, 0.6) is 0 Å². The molecule has 3 rings (SSSR count). The van der Waals surface area contributed by atoms with Crippen LogP contribution in [0.25, 0.3) is 10.8 Å². The number of rotatable bonds is 3. The first-order valence-electron chi connectivity index (χ1n) is 6.74.